The van der Waals surface area contributed by atoms with E-state index >= 15 is 0 Å². The molecule has 1 aliphatic carbocycles. The van der Waals surface area contributed by atoms with E-state index in [2.05, 4.69) is 15.1 Å². The molecule has 2 atom stereocenters. The Kier molecular flexibility index (Phi) is 5.57. The first kappa shape index (κ1) is 21.1. The van der Waals surface area contributed by atoms with Crippen LogP contribution in [0.25, 0.3) is 0 Å². The third-order valence-electron chi connectivity index (χ3n) is 5.65. The van der Waals surface area contributed by atoms with Crippen molar-refractivity contribution in [3.63, 3.8) is 0 Å². The lowest BCUT2D eigenvalue weighted by molar-refractivity contribution is -0.143. The van der Waals surface area contributed by atoms with Gasteiger partial charge in [0.2, 0.25) is 0 Å². The molecule has 0 amide bonds. The average Bonchev–Trinajstić information content (AvgIpc) is 3.36. The van der Waals surface area contributed by atoms with Gasteiger partial charge in [0.25, 0.3) is 0 Å². The van der Waals surface area contributed by atoms with Gasteiger partial charge >= 0.3 is 12.1 Å². The summed E-state index contributed by atoms with van der Waals surface area (Å²) >= 11 is 0. The Labute approximate surface area is 176 Å². The van der Waals surface area contributed by atoms with Gasteiger partial charge in [-0.05, 0) is 42.7 Å². The standard InChI is InChI=1S/C21H22F3N5O2/c22-21(23,24)19-15-5-4-14(10-17(15)29(28-19)11-18(30)31)13-3-1-2-12(8-13)9-16(25)20-26-6-7-27-20/h1-3,6-8,14,16H,4-5,9-11,25H2,(H,26,27)(H,30,31)/t14?,16-/m0/s1. The normalized spacial score (nSPS) is 17.4. The minimum atomic E-state index is -4.61. The lowest BCUT2D eigenvalue weighted by Crippen LogP contribution is -2.19. The van der Waals surface area contributed by atoms with E-state index in [0.717, 1.165) is 15.8 Å². The number of H-pyrrole nitrogens is 1. The van der Waals surface area contributed by atoms with Crippen molar-refractivity contribution < 1.29 is 23.1 Å². The van der Waals surface area contributed by atoms with Gasteiger partial charge in [-0.15, -0.1) is 0 Å². The highest BCUT2D eigenvalue weighted by Gasteiger charge is 2.41. The molecule has 0 saturated heterocycles. The van der Waals surface area contributed by atoms with Crippen molar-refractivity contribution in [3.8, 4) is 0 Å². The van der Waals surface area contributed by atoms with Crippen molar-refractivity contribution in [2.24, 2.45) is 5.73 Å². The number of benzene rings is 1. The van der Waals surface area contributed by atoms with E-state index in [1.54, 1.807) is 12.4 Å². The van der Waals surface area contributed by atoms with E-state index in [9.17, 15) is 18.0 Å². The maximum absolute atomic E-state index is 13.4. The van der Waals surface area contributed by atoms with Crippen LogP contribution in [0.15, 0.2) is 36.7 Å². The van der Waals surface area contributed by atoms with Gasteiger partial charge in [-0.3, -0.25) is 9.48 Å². The van der Waals surface area contributed by atoms with E-state index in [4.69, 9.17) is 10.8 Å². The maximum atomic E-state index is 13.4. The fraction of sp³-hybridized carbons (Fsp3) is 0.381. The number of aromatic amines is 1. The summed E-state index contributed by atoms with van der Waals surface area (Å²) in [5, 5.41) is 12.7. The molecule has 0 spiro atoms. The van der Waals surface area contributed by atoms with E-state index in [-0.39, 0.29) is 23.9 Å². The van der Waals surface area contributed by atoms with Gasteiger partial charge in [0.1, 0.15) is 12.4 Å². The molecule has 3 aromatic rings. The second-order valence-electron chi connectivity index (χ2n) is 7.79. The Morgan fingerprint density at radius 2 is 2.19 bits per heavy atom. The smallest absolute Gasteiger partial charge is 0.435 e. The van der Waals surface area contributed by atoms with E-state index in [1.165, 1.54) is 0 Å². The minimum Gasteiger partial charge on any atom is -0.480 e. The molecule has 4 rings (SSSR count). The summed E-state index contributed by atoms with van der Waals surface area (Å²) in [6.07, 6.45) is 0.338. The molecule has 1 unspecified atom stereocenters. The van der Waals surface area contributed by atoms with Gasteiger partial charge in [0.15, 0.2) is 5.69 Å². The highest BCUT2D eigenvalue weighted by molar-refractivity contribution is 5.66. The van der Waals surface area contributed by atoms with Crippen LogP contribution in [0.1, 0.15) is 52.3 Å². The van der Waals surface area contributed by atoms with Gasteiger partial charge < -0.3 is 15.8 Å². The zero-order chi connectivity index (χ0) is 22.2. The molecule has 0 bridgehead atoms. The number of imidazole rings is 1. The van der Waals surface area contributed by atoms with Crippen LogP contribution in [0.3, 0.4) is 0 Å². The Hall–Kier alpha value is -3.14. The average molecular weight is 433 g/mol. The second kappa shape index (κ2) is 8.18. The molecule has 2 aromatic heterocycles. The summed E-state index contributed by atoms with van der Waals surface area (Å²) in [6.45, 7) is -0.594. The molecule has 0 radical (unpaired) electrons. The van der Waals surface area contributed by atoms with Crippen molar-refractivity contribution in [2.45, 2.75) is 50.4 Å². The Bertz CT molecular complexity index is 1080. The Balaban J connectivity index is 1.59. The number of aromatic nitrogens is 4. The van der Waals surface area contributed by atoms with Crippen LogP contribution in [0.4, 0.5) is 13.2 Å². The molecule has 0 fully saturated rings. The van der Waals surface area contributed by atoms with Gasteiger partial charge in [0, 0.05) is 23.7 Å². The number of alkyl halides is 3. The topological polar surface area (TPSA) is 110 Å². The minimum absolute atomic E-state index is 0.0300. The van der Waals surface area contributed by atoms with Crippen molar-refractivity contribution in [2.75, 3.05) is 0 Å². The van der Waals surface area contributed by atoms with Crippen LogP contribution >= 0.6 is 0 Å². The SMILES string of the molecule is N[C@@H](Cc1cccc(C2CCc3c(C(F)(F)F)nn(CC(=O)O)c3C2)c1)c1ncc[nH]1. The van der Waals surface area contributed by atoms with Crippen LogP contribution in [0.2, 0.25) is 0 Å². The van der Waals surface area contributed by atoms with Crippen LogP contribution in [0.5, 0.6) is 0 Å². The number of carboxylic acids is 1. The van der Waals surface area contributed by atoms with E-state index in [0.29, 0.717) is 30.8 Å². The summed E-state index contributed by atoms with van der Waals surface area (Å²) in [5.41, 5.74) is 7.69. The predicted octanol–water partition coefficient (Wildman–Crippen LogP) is 3.22. The number of nitrogens with one attached hydrogen (secondary N) is 1. The molecular formula is C21H22F3N5O2. The Morgan fingerprint density at radius 1 is 1.39 bits per heavy atom. The molecular weight excluding hydrogens is 411 g/mol. The number of rotatable bonds is 6. The van der Waals surface area contributed by atoms with Crippen LogP contribution in [-0.2, 0) is 36.8 Å². The fourth-order valence-electron chi connectivity index (χ4n) is 4.26. The summed E-state index contributed by atoms with van der Waals surface area (Å²) in [4.78, 5) is 18.3. The summed E-state index contributed by atoms with van der Waals surface area (Å²) in [7, 11) is 0. The molecule has 0 aliphatic heterocycles. The summed E-state index contributed by atoms with van der Waals surface area (Å²) in [6, 6.07) is 7.53. The van der Waals surface area contributed by atoms with Crippen molar-refractivity contribution in [1.29, 1.82) is 0 Å². The maximum Gasteiger partial charge on any atom is 0.435 e. The van der Waals surface area contributed by atoms with Crippen LogP contribution in [-0.4, -0.2) is 30.8 Å². The van der Waals surface area contributed by atoms with Gasteiger partial charge in [0.05, 0.1) is 6.04 Å². The number of hydrogen-bond donors (Lipinski definition) is 3. The Morgan fingerprint density at radius 3 is 2.87 bits per heavy atom. The molecule has 1 aromatic carbocycles. The van der Waals surface area contributed by atoms with Crippen molar-refractivity contribution >= 4 is 5.97 Å². The van der Waals surface area contributed by atoms with E-state index in [1.807, 2.05) is 24.3 Å². The number of aliphatic carboxylic acids is 1. The fourth-order valence-corrected chi connectivity index (χ4v) is 4.26. The van der Waals surface area contributed by atoms with E-state index < -0.39 is 24.4 Å². The van der Waals surface area contributed by atoms with Crippen LogP contribution in [0, 0.1) is 0 Å². The number of halogens is 3. The zero-order valence-corrected chi connectivity index (χ0v) is 16.6. The van der Waals surface area contributed by atoms with Crippen LogP contribution < -0.4 is 5.73 Å². The molecule has 10 heteroatoms. The molecule has 2 heterocycles. The van der Waals surface area contributed by atoms with Gasteiger partial charge in [-0.1, -0.05) is 24.3 Å². The molecule has 1 aliphatic rings. The first-order chi connectivity index (χ1) is 14.7. The first-order valence-corrected chi connectivity index (χ1v) is 9.93. The van der Waals surface area contributed by atoms with Gasteiger partial charge in [-0.2, -0.15) is 18.3 Å². The number of carbonyl (C=O) groups is 1. The first-order valence-electron chi connectivity index (χ1n) is 9.93. The number of nitrogens with two attached hydrogens (primary N) is 1. The second-order valence-corrected chi connectivity index (χ2v) is 7.79. The number of hydrogen-bond acceptors (Lipinski definition) is 4. The lowest BCUT2D eigenvalue weighted by atomic mass is 9.81. The quantitative estimate of drug-likeness (QED) is 0.553. The highest BCUT2D eigenvalue weighted by Crippen LogP contribution is 2.40. The summed E-state index contributed by atoms with van der Waals surface area (Å²) < 4.78 is 41.2. The van der Waals surface area contributed by atoms with Crippen molar-refractivity contribution in [1.82, 2.24) is 19.7 Å². The molecule has 0 saturated carbocycles. The lowest BCUT2D eigenvalue weighted by Gasteiger charge is -2.24. The third kappa shape index (κ3) is 4.48. The highest BCUT2D eigenvalue weighted by atomic mass is 19.4. The molecule has 164 valence electrons. The third-order valence-corrected chi connectivity index (χ3v) is 5.65. The molecule has 7 nitrogen and oxygen atoms in total. The van der Waals surface area contributed by atoms with Crippen molar-refractivity contribution in [3.05, 3.63) is 70.6 Å². The number of fused-ring (bicyclic) bond motifs is 1. The largest absolute Gasteiger partial charge is 0.480 e. The monoisotopic (exact) mass is 433 g/mol. The number of carboxylic acid groups (broad SMARTS) is 1. The number of nitrogens with zero attached hydrogens (tertiary/aromatic N) is 3. The van der Waals surface area contributed by atoms with Gasteiger partial charge in [-0.25, -0.2) is 4.98 Å². The summed E-state index contributed by atoms with van der Waals surface area (Å²) in [5.74, 6) is -0.572. The predicted molar refractivity (Wildman–Crippen MR) is 105 cm³/mol. The molecule has 31 heavy (non-hydrogen) atoms. The zero-order valence-electron chi connectivity index (χ0n) is 16.6. The molecule has 4 N–H and O–H groups in total.